The number of amides is 1. The van der Waals surface area contributed by atoms with Gasteiger partial charge in [-0.15, -0.1) is 0 Å². The molecule has 4 rings (SSSR count). The van der Waals surface area contributed by atoms with Gasteiger partial charge in [-0.3, -0.25) is 4.79 Å². The van der Waals surface area contributed by atoms with Crippen LogP contribution in [0.5, 0.6) is 0 Å². The van der Waals surface area contributed by atoms with Crippen molar-refractivity contribution in [2.75, 3.05) is 0 Å². The van der Waals surface area contributed by atoms with Crippen molar-refractivity contribution in [2.45, 2.75) is 34.6 Å². The summed E-state index contributed by atoms with van der Waals surface area (Å²) < 4.78 is 2.22. The maximum absolute atomic E-state index is 12.5. The number of hydrogen-bond donors (Lipinski definition) is 1. The van der Waals surface area contributed by atoms with Gasteiger partial charge in [-0.05, 0) is 105 Å². The second-order valence-electron chi connectivity index (χ2n) is 7.83. The van der Waals surface area contributed by atoms with Gasteiger partial charge in [0.05, 0.1) is 10.6 Å². The molecule has 1 saturated heterocycles. The molecule has 1 aliphatic heterocycles. The minimum Gasteiger partial charge on any atom is -0.318 e. The fraction of sp³-hybridized carbons (Fsp3) is 0.200. The smallest absolute Gasteiger partial charge is 0.264 e. The van der Waals surface area contributed by atoms with Crippen LogP contribution in [-0.4, -0.2) is 15.6 Å². The average molecular weight is 416 g/mol. The number of rotatable bonds is 3. The lowest BCUT2D eigenvalue weighted by molar-refractivity contribution is -0.115. The number of thioether (sulfide) groups is 1. The number of nitrogens with one attached hydrogen (secondary N) is 1. The van der Waals surface area contributed by atoms with Gasteiger partial charge < -0.3 is 9.88 Å². The van der Waals surface area contributed by atoms with Gasteiger partial charge in [-0.1, -0.05) is 18.2 Å². The van der Waals surface area contributed by atoms with Crippen molar-refractivity contribution in [3.05, 3.63) is 87.1 Å². The summed E-state index contributed by atoms with van der Waals surface area (Å²) in [6, 6.07) is 16.7. The van der Waals surface area contributed by atoms with E-state index in [0.29, 0.717) is 10.1 Å². The maximum atomic E-state index is 12.5. The molecule has 0 atom stereocenters. The second kappa shape index (κ2) is 8.00. The van der Waals surface area contributed by atoms with E-state index in [4.69, 9.17) is 0 Å². The summed E-state index contributed by atoms with van der Waals surface area (Å²) >= 11 is 1.38. The highest BCUT2D eigenvalue weighted by Gasteiger charge is 2.24. The zero-order chi connectivity index (χ0) is 21.4. The summed E-state index contributed by atoms with van der Waals surface area (Å²) in [5, 5.41) is 3.51. The Morgan fingerprint density at radius 1 is 0.933 bits per heavy atom. The number of hydrogen-bond acceptors (Lipinski definition) is 3. The van der Waals surface area contributed by atoms with Crippen LogP contribution in [0.2, 0.25) is 0 Å². The monoisotopic (exact) mass is 415 g/mol. The molecule has 2 aromatic carbocycles. The first-order valence-corrected chi connectivity index (χ1v) is 10.8. The summed E-state index contributed by atoms with van der Waals surface area (Å²) in [6.07, 6.45) is 1.96. The first-order chi connectivity index (χ1) is 14.3. The SMILES string of the molecule is Cc1cc(C)cc(N=C2NC(=O)/C(=C/c3cc(C)n(-c4cccc(C)c4)c3C)S2)c1. The summed E-state index contributed by atoms with van der Waals surface area (Å²) in [5.41, 5.74) is 8.81. The Balaban J connectivity index is 1.65. The van der Waals surface area contributed by atoms with E-state index in [-0.39, 0.29) is 5.91 Å². The predicted molar refractivity (Wildman–Crippen MR) is 127 cm³/mol. The molecule has 0 saturated carbocycles. The van der Waals surface area contributed by atoms with Crippen LogP contribution in [0.4, 0.5) is 5.69 Å². The second-order valence-corrected chi connectivity index (χ2v) is 8.86. The predicted octanol–water partition coefficient (Wildman–Crippen LogP) is 5.91. The van der Waals surface area contributed by atoms with Gasteiger partial charge >= 0.3 is 0 Å². The molecule has 4 nitrogen and oxygen atoms in total. The molecule has 1 fully saturated rings. The van der Waals surface area contributed by atoms with Crippen molar-refractivity contribution < 1.29 is 4.79 Å². The molecule has 0 bridgehead atoms. The van der Waals surface area contributed by atoms with Crippen LogP contribution in [0, 0.1) is 34.6 Å². The molecule has 0 spiro atoms. The highest BCUT2D eigenvalue weighted by molar-refractivity contribution is 8.18. The van der Waals surface area contributed by atoms with Crippen molar-refractivity contribution in [2.24, 2.45) is 4.99 Å². The topological polar surface area (TPSA) is 46.4 Å². The minimum absolute atomic E-state index is 0.108. The Labute approximate surface area is 181 Å². The Kier molecular flexibility index (Phi) is 5.39. The Hall–Kier alpha value is -3.05. The fourth-order valence-electron chi connectivity index (χ4n) is 3.85. The van der Waals surface area contributed by atoms with E-state index < -0.39 is 0 Å². The van der Waals surface area contributed by atoms with Gasteiger partial charge in [0.15, 0.2) is 5.17 Å². The molecule has 0 radical (unpaired) electrons. The standard InChI is InChI=1S/C25H25N3OS/c1-15-7-6-8-22(12-15)28-18(4)13-20(19(28)5)14-23-24(29)27-25(30-23)26-21-10-16(2)9-17(3)11-21/h6-14H,1-5H3,(H,26,27,29)/b23-14-. The summed E-state index contributed by atoms with van der Waals surface area (Å²) in [7, 11) is 0. The van der Waals surface area contributed by atoms with Crippen molar-refractivity contribution in [3.8, 4) is 5.69 Å². The third-order valence-electron chi connectivity index (χ3n) is 5.10. The minimum atomic E-state index is -0.108. The van der Waals surface area contributed by atoms with Gasteiger partial charge in [-0.2, -0.15) is 0 Å². The summed E-state index contributed by atoms with van der Waals surface area (Å²) in [4.78, 5) is 17.8. The number of aryl methyl sites for hydroxylation is 4. The molecular weight excluding hydrogens is 390 g/mol. The Morgan fingerprint density at radius 2 is 1.67 bits per heavy atom. The first-order valence-electron chi connectivity index (χ1n) is 9.94. The molecule has 30 heavy (non-hydrogen) atoms. The molecule has 1 aromatic heterocycles. The van der Waals surface area contributed by atoms with E-state index in [0.717, 1.165) is 39.5 Å². The van der Waals surface area contributed by atoms with Crippen LogP contribution >= 0.6 is 11.8 Å². The number of benzene rings is 2. The molecule has 1 aliphatic rings. The molecule has 1 N–H and O–H groups in total. The molecular formula is C25H25N3OS. The molecule has 5 heteroatoms. The summed E-state index contributed by atoms with van der Waals surface area (Å²) in [5.74, 6) is -0.108. The van der Waals surface area contributed by atoms with Crippen LogP contribution in [0.25, 0.3) is 11.8 Å². The molecule has 3 aromatic rings. The number of carbonyl (C=O) groups excluding carboxylic acids is 1. The van der Waals surface area contributed by atoms with Gasteiger partial charge in [-0.25, -0.2) is 4.99 Å². The zero-order valence-corrected chi connectivity index (χ0v) is 18.7. The lowest BCUT2D eigenvalue weighted by Crippen LogP contribution is -2.19. The lowest BCUT2D eigenvalue weighted by atomic mass is 10.1. The van der Waals surface area contributed by atoms with E-state index in [1.807, 2.05) is 32.1 Å². The van der Waals surface area contributed by atoms with Crippen molar-refractivity contribution >= 4 is 34.6 Å². The zero-order valence-electron chi connectivity index (χ0n) is 17.9. The van der Waals surface area contributed by atoms with Crippen molar-refractivity contribution in [3.63, 3.8) is 0 Å². The molecule has 0 unspecified atom stereocenters. The molecule has 0 aliphatic carbocycles. The van der Waals surface area contributed by atoms with Gasteiger partial charge in [0.25, 0.3) is 5.91 Å². The van der Waals surface area contributed by atoms with E-state index in [2.05, 4.69) is 72.0 Å². The van der Waals surface area contributed by atoms with E-state index in [1.54, 1.807) is 0 Å². The van der Waals surface area contributed by atoms with Crippen molar-refractivity contribution in [1.82, 2.24) is 9.88 Å². The Bertz CT molecular complexity index is 1200. The van der Waals surface area contributed by atoms with Crippen LogP contribution in [0.15, 0.2) is 58.4 Å². The van der Waals surface area contributed by atoms with E-state index in [1.165, 1.54) is 17.3 Å². The van der Waals surface area contributed by atoms with Crippen LogP contribution < -0.4 is 5.32 Å². The van der Waals surface area contributed by atoms with Crippen LogP contribution in [-0.2, 0) is 4.79 Å². The maximum Gasteiger partial charge on any atom is 0.264 e. The lowest BCUT2D eigenvalue weighted by Gasteiger charge is -2.10. The van der Waals surface area contributed by atoms with E-state index >= 15 is 0 Å². The fourth-order valence-corrected chi connectivity index (χ4v) is 4.69. The number of carbonyl (C=O) groups is 1. The van der Waals surface area contributed by atoms with Gasteiger partial charge in [0, 0.05) is 17.1 Å². The number of nitrogens with zero attached hydrogens (tertiary/aromatic N) is 2. The van der Waals surface area contributed by atoms with Gasteiger partial charge in [0.2, 0.25) is 0 Å². The molecule has 152 valence electrons. The number of amidine groups is 1. The largest absolute Gasteiger partial charge is 0.318 e. The number of aliphatic imine (C=N–C) groups is 1. The quantitative estimate of drug-likeness (QED) is 0.541. The van der Waals surface area contributed by atoms with E-state index in [9.17, 15) is 4.79 Å². The number of aromatic nitrogens is 1. The summed E-state index contributed by atoms with van der Waals surface area (Å²) in [6.45, 7) is 10.4. The third-order valence-corrected chi connectivity index (χ3v) is 6.01. The normalized spacial score (nSPS) is 16.5. The van der Waals surface area contributed by atoms with Crippen molar-refractivity contribution in [1.29, 1.82) is 0 Å². The molecule has 1 amide bonds. The average Bonchev–Trinajstić information content (AvgIpc) is 3.13. The third kappa shape index (κ3) is 4.12. The first kappa shape index (κ1) is 20.2. The highest BCUT2D eigenvalue weighted by Crippen LogP contribution is 2.31. The van der Waals surface area contributed by atoms with Crippen LogP contribution in [0.1, 0.15) is 33.6 Å². The highest BCUT2D eigenvalue weighted by atomic mass is 32.2. The Morgan fingerprint density at radius 3 is 2.37 bits per heavy atom. The van der Waals surface area contributed by atoms with Gasteiger partial charge in [0.1, 0.15) is 0 Å². The van der Waals surface area contributed by atoms with Crippen LogP contribution in [0.3, 0.4) is 0 Å². The molecule has 2 heterocycles.